The second kappa shape index (κ2) is 22.3. The molecule has 0 saturated heterocycles. The molecule has 8 heterocycles. The van der Waals surface area contributed by atoms with Gasteiger partial charge in [0.1, 0.15) is 11.2 Å². The minimum atomic E-state index is 0.555. The molecule has 474 valence electrons. The van der Waals surface area contributed by atoms with E-state index in [2.05, 4.69) is 270 Å². The molecule has 0 spiro atoms. The molecule has 0 unspecified atom stereocenters. The van der Waals surface area contributed by atoms with E-state index in [1.165, 1.54) is 99.7 Å². The third kappa shape index (κ3) is 8.80. The molecular formula is C90H50N8OS3. The lowest BCUT2D eigenvalue weighted by atomic mass is 10.0. The minimum Gasteiger partial charge on any atom is -0.456 e. The Hall–Kier alpha value is -12.8. The van der Waals surface area contributed by atoms with Gasteiger partial charge in [0.15, 0.2) is 34.9 Å². The molecule has 0 fully saturated rings. The quantitative estimate of drug-likeness (QED) is 0.142. The Morgan fingerprint density at radius 2 is 0.696 bits per heavy atom. The maximum absolute atomic E-state index is 6.83. The van der Waals surface area contributed by atoms with Gasteiger partial charge >= 0.3 is 0 Å². The van der Waals surface area contributed by atoms with Gasteiger partial charge in [-0.05, 0) is 102 Å². The van der Waals surface area contributed by atoms with Crippen molar-refractivity contribution in [2.75, 3.05) is 0 Å². The Labute approximate surface area is 593 Å². The highest BCUT2D eigenvalue weighted by molar-refractivity contribution is 7.28. The predicted octanol–water partition coefficient (Wildman–Crippen LogP) is 24.9. The standard InChI is InChI=1S/C90H50N8OS3/c1-3-19-52(20-4-1)85-91-87(95-90(94-85)65-32-16-29-62-66-49-67-63-30-17-37-73(84(63)102-79(67)50-78(66)101-83(62)65)98-71-35-13-9-27-60(71)61-28-10-14-36-72(61)98)54-41-39-51(40-42-54)55-23-15-24-56(47-55)88-92-86(53-21-5-2-6-22-53)93-89(96-88)64-31-18-38-74-80(64)82-75(99-74)44-46-77-81(82)68-48-57(43-45-76(68)100-77)97-69-33-11-7-25-58(69)59-26-8-12-34-70(59)97/h1-50H. The minimum absolute atomic E-state index is 0.555. The van der Waals surface area contributed by atoms with Crippen molar-refractivity contribution in [1.82, 2.24) is 39.0 Å². The van der Waals surface area contributed by atoms with Gasteiger partial charge in [0, 0.05) is 127 Å². The molecule has 9 nitrogen and oxygen atoms in total. The molecule has 0 saturated carbocycles. The number of hydrogen-bond donors (Lipinski definition) is 0. The van der Waals surface area contributed by atoms with Crippen molar-refractivity contribution in [3.63, 3.8) is 0 Å². The Kier molecular flexibility index (Phi) is 12.5. The van der Waals surface area contributed by atoms with E-state index in [-0.39, 0.29) is 0 Å². The summed E-state index contributed by atoms with van der Waals surface area (Å²) in [5.74, 6) is 3.51. The maximum atomic E-state index is 6.83. The number of para-hydroxylation sites is 4. The van der Waals surface area contributed by atoms with Gasteiger partial charge in [-0.3, -0.25) is 0 Å². The highest BCUT2D eigenvalue weighted by Crippen LogP contribution is 2.49. The zero-order valence-electron chi connectivity index (χ0n) is 54.1. The maximum Gasteiger partial charge on any atom is 0.165 e. The van der Waals surface area contributed by atoms with Crippen LogP contribution >= 0.6 is 34.0 Å². The molecule has 0 N–H and O–H groups in total. The van der Waals surface area contributed by atoms with Crippen molar-refractivity contribution in [1.29, 1.82) is 0 Å². The van der Waals surface area contributed by atoms with Crippen LogP contribution in [0.2, 0.25) is 0 Å². The van der Waals surface area contributed by atoms with Crippen molar-refractivity contribution in [3.05, 3.63) is 303 Å². The van der Waals surface area contributed by atoms with Gasteiger partial charge in [-0.1, -0.05) is 212 Å². The Morgan fingerprint density at radius 3 is 1.34 bits per heavy atom. The highest BCUT2D eigenvalue weighted by atomic mass is 32.1. The monoisotopic (exact) mass is 1350 g/mol. The number of rotatable bonds is 9. The summed E-state index contributed by atoms with van der Waals surface area (Å²) in [6.45, 7) is 0. The van der Waals surface area contributed by atoms with Crippen LogP contribution in [0.25, 0.3) is 217 Å². The zero-order valence-corrected chi connectivity index (χ0v) is 56.5. The highest BCUT2D eigenvalue weighted by Gasteiger charge is 2.25. The number of furan rings is 1. The first-order valence-electron chi connectivity index (χ1n) is 34.0. The van der Waals surface area contributed by atoms with Crippen molar-refractivity contribution in [2.24, 2.45) is 0 Å². The van der Waals surface area contributed by atoms with E-state index >= 15 is 0 Å². The van der Waals surface area contributed by atoms with E-state index in [0.29, 0.717) is 34.9 Å². The lowest BCUT2D eigenvalue weighted by Gasteiger charge is -2.11. The molecule has 12 heteroatoms. The summed E-state index contributed by atoms with van der Waals surface area (Å²) in [6, 6.07) is 108. The second-order valence-corrected chi connectivity index (χ2v) is 29.2. The third-order valence-corrected chi connectivity index (χ3v) is 23.8. The van der Waals surface area contributed by atoms with Crippen LogP contribution < -0.4 is 0 Å². The summed E-state index contributed by atoms with van der Waals surface area (Å²) < 4.78 is 18.9. The van der Waals surface area contributed by atoms with E-state index in [9.17, 15) is 0 Å². The lowest BCUT2D eigenvalue weighted by Crippen LogP contribution is -2.00. The topological polar surface area (TPSA) is 100 Å². The second-order valence-electron chi connectivity index (χ2n) is 26.0. The smallest absolute Gasteiger partial charge is 0.165 e. The fourth-order valence-electron chi connectivity index (χ4n) is 15.6. The summed E-state index contributed by atoms with van der Waals surface area (Å²) in [4.78, 5) is 31.8. The van der Waals surface area contributed by atoms with Crippen LogP contribution in [0.3, 0.4) is 0 Å². The molecule has 22 rings (SSSR count). The summed E-state index contributed by atoms with van der Waals surface area (Å²) in [7, 11) is 0. The largest absolute Gasteiger partial charge is 0.456 e. The van der Waals surface area contributed by atoms with Gasteiger partial charge in [-0.2, -0.15) is 0 Å². The molecule has 8 aromatic heterocycles. The molecule has 22 aromatic rings. The van der Waals surface area contributed by atoms with E-state index in [1.54, 1.807) is 22.7 Å². The zero-order chi connectivity index (χ0) is 66.7. The van der Waals surface area contributed by atoms with Crippen LogP contribution in [0.4, 0.5) is 0 Å². The molecule has 0 bridgehead atoms. The van der Waals surface area contributed by atoms with Crippen molar-refractivity contribution >= 4 is 160 Å². The van der Waals surface area contributed by atoms with Gasteiger partial charge in [-0.15, -0.1) is 34.0 Å². The van der Waals surface area contributed by atoms with Gasteiger partial charge in [0.05, 0.1) is 32.5 Å². The number of fused-ring (bicyclic) bond motifs is 19. The average Bonchev–Trinajstić information content (AvgIpc) is 1.57. The van der Waals surface area contributed by atoms with Crippen molar-refractivity contribution < 1.29 is 4.42 Å². The molecule has 0 amide bonds. The SMILES string of the molecule is c1ccc(-c2nc(-c3ccc(-c4cccc(-c5nc(-c6ccccc6)nc(-c6cccc7oc8ccc9sc%10ccc(-n%11c%12ccccc%12c%12ccccc%12%11)cc%10c9c8c67)n5)c4)cc3)nc(-c3cccc4c3sc3cc5sc6c(-n7c8ccccc8c8ccccc87)cccc6c5cc34)n2)cc1. The molecule has 0 aliphatic carbocycles. The van der Waals surface area contributed by atoms with E-state index < -0.39 is 0 Å². The number of hydrogen-bond acceptors (Lipinski definition) is 10. The van der Waals surface area contributed by atoms with E-state index in [4.69, 9.17) is 34.3 Å². The summed E-state index contributed by atoms with van der Waals surface area (Å²) in [6.07, 6.45) is 0. The van der Waals surface area contributed by atoms with Crippen molar-refractivity contribution in [3.8, 4) is 90.8 Å². The number of benzene rings is 14. The summed E-state index contributed by atoms with van der Waals surface area (Å²) >= 11 is 5.47. The van der Waals surface area contributed by atoms with Crippen LogP contribution in [0.1, 0.15) is 0 Å². The number of nitrogens with zero attached hydrogens (tertiary/aromatic N) is 8. The molecule has 0 aliphatic heterocycles. The van der Waals surface area contributed by atoms with Crippen molar-refractivity contribution in [2.45, 2.75) is 0 Å². The van der Waals surface area contributed by atoms with Gasteiger partial charge in [0.25, 0.3) is 0 Å². The van der Waals surface area contributed by atoms with E-state index in [0.717, 1.165) is 82.2 Å². The normalized spacial score (nSPS) is 12.1. The summed E-state index contributed by atoms with van der Waals surface area (Å²) in [5, 5.41) is 14.2. The summed E-state index contributed by atoms with van der Waals surface area (Å²) in [5.41, 5.74) is 16.0. The fraction of sp³-hybridized carbons (Fsp3) is 0. The van der Waals surface area contributed by atoms with Gasteiger partial charge in [0.2, 0.25) is 0 Å². The van der Waals surface area contributed by atoms with Crippen LogP contribution in [-0.2, 0) is 0 Å². The fourth-order valence-corrected chi connectivity index (χ4v) is 19.3. The molecular weight excluding hydrogens is 1310 g/mol. The Bertz CT molecular complexity index is 7160. The van der Waals surface area contributed by atoms with Gasteiger partial charge in [-0.25, -0.2) is 29.9 Å². The number of thiophene rings is 3. The molecule has 14 aromatic carbocycles. The molecule has 0 atom stereocenters. The van der Waals surface area contributed by atoms with Crippen LogP contribution in [0, 0.1) is 0 Å². The first-order chi connectivity index (χ1) is 50.5. The van der Waals surface area contributed by atoms with Crippen LogP contribution in [-0.4, -0.2) is 39.0 Å². The van der Waals surface area contributed by atoms with Crippen LogP contribution in [0.5, 0.6) is 0 Å². The molecule has 102 heavy (non-hydrogen) atoms. The molecule has 0 radical (unpaired) electrons. The lowest BCUT2D eigenvalue weighted by molar-refractivity contribution is 0.669. The van der Waals surface area contributed by atoms with Crippen LogP contribution in [0.15, 0.2) is 308 Å². The van der Waals surface area contributed by atoms with Gasteiger partial charge < -0.3 is 13.6 Å². The Balaban J connectivity index is 0.631. The number of aromatic nitrogens is 8. The van der Waals surface area contributed by atoms with E-state index in [1.807, 2.05) is 53.8 Å². The molecule has 0 aliphatic rings. The first kappa shape index (κ1) is 57.1. The first-order valence-corrected chi connectivity index (χ1v) is 36.4. The Morgan fingerprint density at radius 1 is 0.235 bits per heavy atom. The average molecular weight is 1360 g/mol. The predicted molar refractivity (Wildman–Crippen MR) is 426 cm³/mol. The third-order valence-electron chi connectivity index (χ3n) is 20.2.